The molecule has 21 heavy (non-hydrogen) atoms. The van der Waals surface area contributed by atoms with Gasteiger partial charge in [0.25, 0.3) is 5.91 Å². The van der Waals surface area contributed by atoms with Gasteiger partial charge in [-0.1, -0.05) is 23.2 Å². The van der Waals surface area contributed by atoms with Gasteiger partial charge in [-0.25, -0.2) is 0 Å². The normalized spacial score (nSPS) is 17.9. The zero-order valence-corrected chi connectivity index (χ0v) is 14.4. The van der Waals surface area contributed by atoms with E-state index in [2.05, 4.69) is 0 Å². The molecule has 1 amide bonds. The van der Waals surface area contributed by atoms with E-state index in [1.807, 2.05) is 13.2 Å². The summed E-state index contributed by atoms with van der Waals surface area (Å²) in [5, 5.41) is 10.6. The molecular weight excluding hydrogens is 329 g/mol. The first kappa shape index (κ1) is 16.9. The minimum Gasteiger partial charge on any atom is -0.393 e. The van der Waals surface area contributed by atoms with Crippen molar-refractivity contribution in [2.75, 3.05) is 19.3 Å². The molecule has 116 valence electrons. The lowest BCUT2D eigenvalue weighted by Gasteiger charge is -2.33. The number of hydrogen-bond donors (Lipinski definition) is 1. The monoisotopic (exact) mass is 347 g/mol. The van der Waals surface area contributed by atoms with Crippen molar-refractivity contribution in [3.05, 3.63) is 27.7 Å². The van der Waals surface area contributed by atoms with Crippen LogP contribution in [0, 0.1) is 5.92 Å². The number of nitrogens with zero attached hydrogens (tertiary/aromatic N) is 1. The number of aliphatic hydroxyl groups excluding tert-OH is 1. The molecule has 1 heterocycles. The molecule has 1 atom stereocenters. The smallest absolute Gasteiger partial charge is 0.255 e. The Morgan fingerprint density at radius 1 is 1.33 bits per heavy atom. The highest BCUT2D eigenvalue weighted by atomic mass is 35.5. The summed E-state index contributed by atoms with van der Waals surface area (Å²) in [6, 6.07) is 3.39. The lowest BCUT2D eigenvalue weighted by atomic mass is 9.92. The number of amides is 1. The first-order chi connectivity index (χ1) is 9.93. The predicted octanol–water partition coefficient (Wildman–Crippen LogP) is 3.95. The number of carbonyl (C=O) groups excluding carboxylic acids is 1. The largest absolute Gasteiger partial charge is 0.393 e. The van der Waals surface area contributed by atoms with Crippen LogP contribution >= 0.6 is 35.0 Å². The summed E-state index contributed by atoms with van der Waals surface area (Å²) in [7, 11) is 0. The highest BCUT2D eigenvalue weighted by Crippen LogP contribution is 2.32. The zero-order chi connectivity index (χ0) is 15.6. The van der Waals surface area contributed by atoms with Gasteiger partial charge in [-0.3, -0.25) is 4.79 Å². The molecule has 1 saturated heterocycles. The predicted molar refractivity (Wildman–Crippen MR) is 88.6 cm³/mol. The zero-order valence-electron chi connectivity index (χ0n) is 12.1. The number of carbonyl (C=O) groups is 1. The van der Waals surface area contributed by atoms with Gasteiger partial charge in [0.1, 0.15) is 0 Å². The summed E-state index contributed by atoms with van der Waals surface area (Å²) in [6.07, 6.45) is 3.25. The fourth-order valence-electron chi connectivity index (χ4n) is 2.60. The van der Waals surface area contributed by atoms with Crippen LogP contribution in [0.1, 0.15) is 30.1 Å². The van der Waals surface area contributed by atoms with Crippen molar-refractivity contribution in [1.29, 1.82) is 0 Å². The van der Waals surface area contributed by atoms with Crippen molar-refractivity contribution in [3.63, 3.8) is 0 Å². The molecule has 1 aromatic rings. The highest BCUT2D eigenvalue weighted by Gasteiger charge is 2.27. The van der Waals surface area contributed by atoms with Crippen LogP contribution in [0.4, 0.5) is 0 Å². The van der Waals surface area contributed by atoms with Crippen LogP contribution in [0.3, 0.4) is 0 Å². The van der Waals surface area contributed by atoms with Crippen LogP contribution < -0.4 is 0 Å². The number of hydrogen-bond acceptors (Lipinski definition) is 3. The second-order valence-electron chi connectivity index (χ2n) is 5.34. The Balaban J connectivity index is 2.14. The molecule has 0 aromatic heterocycles. The van der Waals surface area contributed by atoms with Crippen molar-refractivity contribution in [3.8, 4) is 0 Å². The van der Waals surface area contributed by atoms with E-state index in [0.717, 1.165) is 17.7 Å². The second-order valence-corrected chi connectivity index (χ2v) is 7.00. The molecule has 1 aliphatic rings. The topological polar surface area (TPSA) is 40.5 Å². The molecule has 2 rings (SSSR count). The average Bonchev–Trinajstić information content (AvgIpc) is 2.47. The molecule has 0 bridgehead atoms. The minimum absolute atomic E-state index is 0.0593. The third-order valence-electron chi connectivity index (χ3n) is 3.98. The first-order valence-electron chi connectivity index (χ1n) is 6.94. The molecule has 1 unspecified atom stereocenters. The molecule has 1 aromatic carbocycles. The van der Waals surface area contributed by atoms with Gasteiger partial charge in [0.05, 0.1) is 21.7 Å². The van der Waals surface area contributed by atoms with E-state index in [4.69, 9.17) is 23.2 Å². The number of piperidine rings is 1. The molecule has 1 aliphatic heterocycles. The van der Waals surface area contributed by atoms with Gasteiger partial charge in [-0.2, -0.15) is 0 Å². The fraction of sp³-hybridized carbons (Fsp3) is 0.533. The Morgan fingerprint density at radius 3 is 2.48 bits per heavy atom. The number of likely N-dealkylation sites (tertiary alicyclic amines) is 1. The van der Waals surface area contributed by atoms with Crippen molar-refractivity contribution in [1.82, 2.24) is 4.90 Å². The average molecular weight is 348 g/mol. The summed E-state index contributed by atoms with van der Waals surface area (Å²) in [5.74, 6) is 0.215. The van der Waals surface area contributed by atoms with E-state index < -0.39 is 0 Å². The van der Waals surface area contributed by atoms with Crippen LogP contribution in [-0.4, -0.2) is 41.4 Å². The Kier molecular flexibility index (Phi) is 5.83. The molecule has 0 radical (unpaired) electrons. The minimum atomic E-state index is -0.315. The van der Waals surface area contributed by atoms with E-state index >= 15 is 0 Å². The Labute approximate surface area is 139 Å². The second kappa shape index (κ2) is 7.23. The molecule has 0 saturated carbocycles. The van der Waals surface area contributed by atoms with Crippen LogP contribution in [0.25, 0.3) is 0 Å². The Hall–Kier alpha value is -0.420. The van der Waals surface area contributed by atoms with Gasteiger partial charge in [0.2, 0.25) is 0 Å². The lowest BCUT2D eigenvalue weighted by Crippen LogP contribution is -2.40. The maximum absolute atomic E-state index is 12.6. The number of aliphatic hydroxyl groups is 1. The van der Waals surface area contributed by atoms with Gasteiger partial charge < -0.3 is 10.0 Å². The van der Waals surface area contributed by atoms with Crippen LogP contribution in [0.15, 0.2) is 17.0 Å². The molecule has 6 heteroatoms. The number of thioether (sulfide) groups is 1. The molecule has 1 fully saturated rings. The lowest BCUT2D eigenvalue weighted by molar-refractivity contribution is 0.0521. The number of benzene rings is 1. The summed E-state index contributed by atoms with van der Waals surface area (Å²) in [6.45, 7) is 3.12. The van der Waals surface area contributed by atoms with E-state index in [0.29, 0.717) is 28.7 Å². The van der Waals surface area contributed by atoms with Gasteiger partial charge in [0.15, 0.2) is 0 Å². The summed E-state index contributed by atoms with van der Waals surface area (Å²) < 4.78 is 0. The van der Waals surface area contributed by atoms with Gasteiger partial charge >= 0.3 is 0 Å². The van der Waals surface area contributed by atoms with Gasteiger partial charge in [-0.15, -0.1) is 11.8 Å². The maximum Gasteiger partial charge on any atom is 0.255 e. The Bertz CT molecular complexity index is 529. The maximum atomic E-state index is 12.6. The highest BCUT2D eigenvalue weighted by molar-refractivity contribution is 7.98. The SMILES string of the molecule is CSc1cc(C(=O)N2CCC(C(C)O)CC2)c(Cl)cc1Cl. The summed E-state index contributed by atoms with van der Waals surface area (Å²) in [5.41, 5.74) is 0.501. The van der Waals surface area contributed by atoms with Crippen molar-refractivity contribution in [2.24, 2.45) is 5.92 Å². The Morgan fingerprint density at radius 2 is 1.95 bits per heavy atom. The van der Waals surface area contributed by atoms with E-state index in [1.54, 1.807) is 17.0 Å². The van der Waals surface area contributed by atoms with Crippen molar-refractivity contribution in [2.45, 2.75) is 30.8 Å². The van der Waals surface area contributed by atoms with Crippen molar-refractivity contribution >= 4 is 40.9 Å². The molecular formula is C15H19Cl2NO2S. The van der Waals surface area contributed by atoms with Crippen molar-refractivity contribution < 1.29 is 9.90 Å². The number of rotatable bonds is 3. The van der Waals surface area contributed by atoms with Gasteiger partial charge in [-0.05, 0) is 44.1 Å². The molecule has 1 N–H and O–H groups in total. The third kappa shape index (κ3) is 3.86. The third-order valence-corrected chi connectivity index (χ3v) is 5.50. The fourth-order valence-corrected chi connectivity index (χ4v) is 3.79. The molecule has 0 spiro atoms. The molecule has 3 nitrogen and oxygen atoms in total. The molecule has 0 aliphatic carbocycles. The van der Waals surface area contributed by atoms with E-state index in [-0.39, 0.29) is 17.9 Å². The van der Waals surface area contributed by atoms with Crippen LogP contribution in [0.2, 0.25) is 10.0 Å². The summed E-state index contributed by atoms with van der Waals surface area (Å²) >= 11 is 13.8. The summed E-state index contributed by atoms with van der Waals surface area (Å²) in [4.78, 5) is 15.3. The number of halogens is 2. The quantitative estimate of drug-likeness (QED) is 0.841. The van der Waals surface area contributed by atoms with Crippen LogP contribution in [0.5, 0.6) is 0 Å². The standard InChI is InChI=1S/C15H19Cl2NO2S/c1-9(19)10-3-5-18(6-4-10)15(20)11-7-14(21-2)13(17)8-12(11)16/h7-10,19H,3-6H2,1-2H3. The van der Waals surface area contributed by atoms with E-state index in [1.165, 1.54) is 11.8 Å². The first-order valence-corrected chi connectivity index (χ1v) is 8.92. The van der Waals surface area contributed by atoms with E-state index in [9.17, 15) is 9.90 Å². The van der Waals surface area contributed by atoms with Gasteiger partial charge in [0, 0.05) is 18.0 Å². The van der Waals surface area contributed by atoms with Crippen LogP contribution in [-0.2, 0) is 0 Å².